The summed E-state index contributed by atoms with van der Waals surface area (Å²) in [5.74, 6) is 0.553. The van der Waals surface area contributed by atoms with Crippen LogP contribution in [-0.2, 0) is 4.79 Å². The van der Waals surface area contributed by atoms with Gasteiger partial charge in [0, 0.05) is 17.7 Å². The monoisotopic (exact) mass is 420 g/mol. The van der Waals surface area contributed by atoms with Crippen molar-refractivity contribution in [1.82, 2.24) is 0 Å². The van der Waals surface area contributed by atoms with Gasteiger partial charge in [0.05, 0.1) is 22.8 Å². The molecule has 2 aromatic rings. The van der Waals surface area contributed by atoms with Gasteiger partial charge in [-0.1, -0.05) is 36.0 Å². The lowest BCUT2D eigenvalue weighted by molar-refractivity contribution is -0.117. The van der Waals surface area contributed by atoms with E-state index in [0.29, 0.717) is 45.1 Å². The van der Waals surface area contributed by atoms with Crippen molar-refractivity contribution in [3.05, 3.63) is 52.0 Å². The summed E-state index contributed by atoms with van der Waals surface area (Å²) in [6.07, 6.45) is 5.05. The van der Waals surface area contributed by atoms with E-state index in [0.717, 1.165) is 12.8 Å². The van der Waals surface area contributed by atoms with E-state index in [2.05, 4.69) is 10.6 Å². The van der Waals surface area contributed by atoms with Gasteiger partial charge < -0.3 is 15.4 Å². The van der Waals surface area contributed by atoms with Gasteiger partial charge in [0.25, 0.3) is 5.91 Å². The van der Waals surface area contributed by atoms with Crippen LogP contribution in [0.5, 0.6) is 5.75 Å². The van der Waals surface area contributed by atoms with E-state index < -0.39 is 0 Å². The summed E-state index contributed by atoms with van der Waals surface area (Å²) in [7, 11) is 1.53. The molecule has 0 unspecified atom stereocenters. The Hall–Kier alpha value is -2.24. The number of methoxy groups -OCH3 is 1. The first kappa shape index (κ1) is 20.5. The number of carbonyl (C=O) groups is 2. The summed E-state index contributed by atoms with van der Waals surface area (Å²) in [6, 6.07) is 9.77. The number of halogens is 2. The lowest BCUT2D eigenvalue weighted by Crippen LogP contribution is -2.17. The molecule has 28 heavy (non-hydrogen) atoms. The Kier molecular flexibility index (Phi) is 6.81. The number of hydrogen-bond acceptors (Lipinski definition) is 3. The van der Waals surface area contributed by atoms with Gasteiger partial charge >= 0.3 is 0 Å². The molecule has 5 nitrogen and oxygen atoms in total. The van der Waals surface area contributed by atoms with Crippen molar-refractivity contribution in [2.24, 2.45) is 5.92 Å². The SMILES string of the molecule is COc1ccc(C(=O)Nc2ccc(Cl)c(Cl)c2)cc1NC(=O)CC1CCCC1. The maximum absolute atomic E-state index is 12.6. The number of hydrogen-bond donors (Lipinski definition) is 2. The van der Waals surface area contributed by atoms with Crippen LogP contribution < -0.4 is 15.4 Å². The predicted molar refractivity (Wildman–Crippen MR) is 113 cm³/mol. The van der Waals surface area contributed by atoms with E-state index in [1.54, 1.807) is 36.4 Å². The molecule has 1 saturated carbocycles. The summed E-state index contributed by atoms with van der Waals surface area (Å²) in [6.45, 7) is 0. The van der Waals surface area contributed by atoms with Gasteiger partial charge in [0.2, 0.25) is 5.91 Å². The third-order valence-corrected chi connectivity index (χ3v) is 5.60. The van der Waals surface area contributed by atoms with E-state index in [9.17, 15) is 9.59 Å². The lowest BCUT2D eigenvalue weighted by Gasteiger charge is -2.14. The second kappa shape index (κ2) is 9.30. The molecule has 0 radical (unpaired) electrons. The molecule has 0 bridgehead atoms. The van der Waals surface area contributed by atoms with Crippen molar-refractivity contribution in [2.75, 3.05) is 17.7 Å². The average Bonchev–Trinajstić information content (AvgIpc) is 3.17. The molecule has 1 aliphatic rings. The van der Waals surface area contributed by atoms with Gasteiger partial charge in [-0.2, -0.15) is 0 Å². The normalized spacial score (nSPS) is 14.0. The minimum absolute atomic E-state index is 0.0627. The molecular weight excluding hydrogens is 399 g/mol. The van der Waals surface area contributed by atoms with Crippen molar-refractivity contribution < 1.29 is 14.3 Å². The Labute approximate surface area is 174 Å². The zero-order valence-electron chi connectivity index (χ0n) is 15.6. The van der Waals surface area contributed by atoms with Gasteiger partial charge in [-0.25, -0.2) is 0 Å². The first-order valence-electron chi connectivity index (χ1n) is 9.20. The van der Waals surface area contributed by atoms with Crippen LogP contribution in [-0.4, -0.2) is 18.9 Å². The molecule has 0 spiro atoms. The summed E-state index contributed by atoms with van der Waals surface area (Å²) in [4.78, 5) is 25.0. The third kappa shape index (κ3) is 5.18. The third-order valence-electron chi connectivity index (χ3n) is 4.86. The quantitative estimate of drug-likeness (QED) is 0.622. The lowest BCUT2D eigenvalue weighted by atomic mass is 10.0. The summed E-state index contributed by atoms with van der Waals surface area (Å²) >= 11 is 11.9. The van der Waals surface area contributed by atoms with Gasteiger partial charge in [-0.3, -0.25) is 9.59 Å². The van der Waals surface area contributed by atoms with Crippen LogP contribution in [0.3, 0.4) is 0 Å². The second-order valence-electron chi connectivity index (χ2n) is 6.90. The standard InChI is InChI=1S/C21H22Cl2N2O3/c1-28-19-9-6-14(21(27)24-15-7-8-16(22)17(23)12-15)11-18(19)25-20(26)10-13-4-2-3-5-13/h6-9,11-13H,2-5,10H2,1H3,(H,24,27)(H,25,26). The van der Waals surface area contributed by atoms with E-state index in [-0.39, 0.29) is 11.8 Å². The zero-order chi connectivity index (χ0) is 20.1. The molecule has 1 fully saturated rings. The van der Waals surface area contributed by atoms with E-state index in [1.165, 1.54) is 20.0 Å². The molecule has 1 aliphatic carbocycles. The Bertz CT molecular complexity index is 880. The van der Waals surface area contributed by atoms with Crippen LogP contribution in [0.1, 0.15) is 42.5 Å². The summed E-state index contributed by atoms with van der Waals surface area (Å²) < 4.78 is 5.32. The fourth-order valence-electron chi connectivity index (χ4n) is 3.40. The Morgan fingerprint density at radius 1 is 1.04 bits per heavy atom. The molecule has 2 aromatic carbocycles. The molecular formula is C21H22Cl2N2O3. The molecule has 0 saturated heterocycles. The Morgan fingerprint density at radius 2 is 1.79 bits per heavy atom. The maximum Gasteiger partial charge on any atom is 0.255 e. The number of ether oxygens (including phenoxy) is 1. The summed E-state index contributed by atoms with van der Waals surface area (Å²) in [5.41, 5.74) is 1.40. The van der Waals surface area contributed by atoms with Crippen LogP contribution in [0, 0.1) is 5.92 Å². The van der Waals surface area contributed by atoms with Gasteiger partial charge in [-0.05, 0) is 55.2 Å². The Morgan fingerprint density at radius 3 is 2.46 bits per heavy atom. The number of nitrogens with one attached hydrogen (secondary N) is 2. The minimum Gasteiger partial charge on any atom is -0.495 e. The maximum atomic E-state index is 12.6. The highest BCUT2D eigenvalue weighted by Gasteiger charge is 2.20. The highest BCUT2D eigenvalue weighted by molar-refractivity contribution is 6.42. The molecule has 0 aromatic heterocycles. The minimum atomic E-state index is -0.327. The molecule has 0 heterocycles. The van der Waals surface area contributed by atoms with Crippen LogP contribution >= 0.6 is 23.2 Å². The predicted octanol–water partition coefficient (Wildman–Crippen LogP) is 5.77. The van der Waals surface area contributed by atoms with Crippen molar-refractivity contribution in [2.45, 2.75) is 32.1 Å². The number of anilines is 2. The molecule has 3 rings (SSSR count). The fraction of sp³-hybridized carbons (Fsp3) is 0.333. The van der Waals surface area contributed by atoms with Crippen molar-refractivity contribution >= 4 is 46.4 Å². The molecule has 2 amide bonds. The first-order chi connectivity index (χ1) is 13.5. The van der Waals surface area contributed by atoms with Gasteiger partial charge in [0.15, 0.2) is 0 Å². The number of amides is 2. The number of benzene rings is 2. The van der Waals surface area contributed by atoms with Crippen LogP contribution in [0.4, 0.5) is 11.4 Å². The van der Waals surface area contributed by atoms with Crippen LogP contribution in [0.15, 0.2) is 36.4 Å². The van der Waals surface area contributed by atoms with E-state index in [1.807, 2.05) is 0 Å². The summed E-state index contributed by atoms with van der Waals surface area (Å²) in [5, 5.41) is 6.42. The molecule has 148 valence electrons. The van der Waals surface area contributed by atoms with E-state index >= 15 is 0 Å². The molecule has 0 atom stereocenters. The van der Waals surface area contributed by atoms with Crippen molar-refractivity contribution in [1.29, 1.82) is 0 Å². The van der Waals surface area contributed by atoms with Crippen molar-refractivity contribution in [3.8, 4) is 5.75 Å². The van der Waals surface area contributed by atoms with Crippen molar-refractivity contribution in [3.63, 3.8) is 0 Å². The topological polar surface area (TPSA) is 67.4 Å². The Balaban J connectivity index is 1.72. The molecule has 0 aliphatic heterocycles. The highest BCUT2D eigenvalue weighted by atomic mass is 35.5. The molecule has 7 heteroatoms. The van der Waals surface area contributed by atoms with E-state index in [4.69, 9.17) is 27.9 Å². The van der Waals surface area contributed by atoms with Gasteiger partial charge in [0.1, 0.15) is 5.75 Å². The largest absolute Gasteiger partial charge is 0.495 e. The highest BCUT2D eigenvalue weighted by Crippen LogP contribution is 2.30. The number of rotatable bonds is 6. The van der Waals surface area contributed by atoms with Crippen LogP contribution in [0.25, 0.3) is 0 Å². The molecule has 2 N–H and O–H groups in total. The first-order valence-corrected chi connectivity index (χ1v) is 9.96. The zero-order valence-corrected chi connectivity index (χ0v) is 17.1. The smallest absolute Gasteiger partial charge is 0.255 e. The van der Waals surface area contributed by atoms with Gasteiger partial charge in [-0.15, -0.1) is 0 Å². The average molecular weight is 421 g/mol. The second-order valence-corrected chi connectivity index (χ2v) is 7.72. The number of carbonyl (C=O) groups excluding carboxylic acids is 2. The van der Waals surface area contributed by atoms with Crippen LogP contribution in [0.2, 0.25) is 10.0 Å². The fourth-order valence-corrected chi connectivity index (χ4v) is 3.70.